The molecule has 0 unspecified atom stereocenters. The van der Waals surface area contributed by atoms with E-state index >= 15 is 0 Å². The fraction of sp³-hybridized carbons (Fsp3) is 0.0833. The highest BCUT2D eigenvalue weighted by molar-refractivity contribution is 9.10. The molecule has 8 nitrogen and oxygen atoms in total. The second-order valence-corrected chi connectivity index (χ2v) is 7.70. The van der Waals surface area contributed by atoms with Gasteiger partial charge in [0.1, 0.15) is 17.3 Å². The zero-order valence-electron chi connectivity index (χ0n) is 17.9. The number of hydrazone groups is 1. The van der Waals surface area contributed by atoms with E-state index in [2.05, 4.69) is 31.8 Å². The average Bonchev–Trinajstić information content (AvgIpc) is 2.84. The van der Waals surface area contributed by atoms with Crippen molar-refractivity contribution in [2.45, 2.75) is 0 Å². The van der Waals surface area contributed by atoms with Crippen molar-refractivity contribution in [3.63, 3.8) is 0 Å². The minimum Gasteiger partial charge on any atom is -0.497 e. The van der Waals surface area contributed by atoms with Gasteiger partial charge >= 0.3 is 5.97 Å². The number of methoxy groups -OCH3 is 1. The number of esters is 1. The van der Waals surface area contributed by atoms with Gasteiger partial charge in [0.05, 0.1) is 25.4 Å². The fourth-order valence-corrected chi connectivity index (χ4v) is 3.06. The summed E-state index contributed by atoms with van der Waals surface area (Å²) in [5, 5.41) is 6.26. The van der Waals surface area contributed by atoms with Crippen molar-refractivity contribution >= 4 is 39.9 Å². The first-order chi connectivity index (χ1) is 16.4. The van der Waals surface area contributed by atoms with Crippen molar-refractivity contribution in [1.29, 1.82) is 0 Å². The molecule has 2 N–H and O–H groups in total. The van der Waals surface area contributed by atoms with Crippen molar-refractivity contribution in [2.24, 2.45) is 5.10 Å². The minimum atomic E-state index is -0.585. The van der Waals surface area contributed by atoms with Crippen LogP contribution in [0.4, 0.5) is 4.39 Å². The summed E-state index contributed by atoms with van der Waals surface area (Å²) in [6.45, 7) is -0.342. The number of halogens is 2. The van der Waals surface area contributed by atoms with E-state index in [4.69, 9.17) is 9.47 Å². The first kappa shape index (κ1) is 24.6. The quantitative estimate of drug-likeness (QED) is 0.201. The maximum absolute atomic E-state index is 12.9. The van der Waals surface area contributed by atoms with Crippen molar-refractivity contribution in [3.8, 4) is 11.5 Å². The zero-order chi connectivity index (χ0) is 24.5. The maximum atomic E-state index is 12.9. The van der Waals surface area contributed by atoms with Crippen molar-refractivity contribution in [2.75, 3.05) is 13.7 Å². The van der Waals surface area contributed by atoms with Gasteiger partial charge in [-0.25, -0.2) is 14.6 Å². The Hall–Kier alpha value is -4.05. The molecule has 0 aliphatic carbocycles. The molecular weight excluding hydrogens is 509 g/mol. The summed E-state index contributed by atoms with van der Waals surface area (Å²) >= 11 is 3.34. The highest BCUT2D eigenvalue weighted by Crippen LogP contribution is 2.23. The second-order valence-electron chi connectivity index (χ2n) is 6.78. The molecule has 3 aromatic carbocycles. The molecule has 0 aliphatic rings. The first-order valence-electron chi connectivity index (χ1n) is 9.87. The summed E-state index contributed by atoms with van der Waals surface area (Å²) in [5.41, 5.74) is 3.25. The standard InChI is InChI=1S/C24H19BrFN3O5/c1-33-20-9-4-16(5-10-20)24(32)34-21-11-6-18(25)12-17(21)13-28-29-22(30)14-27-23(31)15-2-7-19(26)8-3-15/h2-13H,14H2,1H3,(H,27,31)(H,29,30)/b28-13-. The summed E-state index contributed by atoms with van der Waals surface area (Å²) in [5.74, 6) is -1.32. The third kappa shape index (κ3) is 6.97. The largest absolute Gasteiger partial charge is 0.497 e. The molecule has 34 heavy (non-hydrogen) atoms. The number of benzene rings is 3. The Kier molecular flexibility index (Phi) is 8.47. The third-order valence-electron chi connectivity index (χ3n) is 4.41. The van der Waals surface area contributed by atoms with E-state index in [1.165, 1.54) is 25.5 Å². The van der Waals surface area contributed by atoms with E-state index in [0.29, 0.717) is 21.3 Å². The summed E-state index contributed by atoms with van der Waals surface area (Å²) in [6, 6.07) is 16.3. The number of ether oxygens (including phenoxy) is 2. The van der Waals surface area contributed by atoms with E-state index in [-0.39, 0.29) is 17.9 Å². The number of rotatable bonds is 8. The van der Waals surface area contributed by atoms with Gasteiger partial charge in [0.25, 0.3) is 11.8 Å². The van der Waals surface area contributed by atoms with Crippen molar-refractivity contribution in [3.05, 3.63) is 93.7 Å². The summed E-state index contributed by atoms with van der Waals surface area (Å²) in [4.78, 5) is 36.4. The Bertz CT molecular complexity index is 1210. The highest BCUT2D eigenvalue weighted by Gasteiger charge is 2.12. The monoisotopic (exact) mass is 527 g/mol. The van der Waals surface area contributed by atoms with E-state index in [0.717, 1.165) is 12.1 Å². The van der Waals surface area contributed by atoms with Crippen LogP contribution in [0.25, 0.3) is 0 Å². The lowest BCUT2D eigenvalue weighted by Gasteiger charge is -2.09. The van der Waals surface area contributed by atoms with Gasteiger partial charge in [-0.3, -0.25) is 9.59 Å². The van der Waals surface area contributed by atoms with E-state index < -0.39 is 23.6 Å². The van der Waals surface area contributed by atoms with Crippen LogP contribution in [-0.2, 0) is 4.79 Å². The van der Waals surface area contributed by atoms with Crippen LogP contribution in [0.15, 0.2) is 76.3 Å². The second kappa shape index (κ2) is 11.7. The van der Waals surface area contributed by atoms with Gasteiger partial charge < -0.3 is 14.8 Å². The zero-order valence-corrected chi connectivity index (χ0v) is 19.5. The molecule has 0 bridgehead atoms. The van der Waals surface area contributed by atoms with Gasteiger partial charge in [-0.2, -0.15) is 5.10 Å². The van der Waals surface area contributed by atoms with Crippen molar-refractivity contribution < 1.29 is 28.2 Å². The Morgan fingerprint density at radius 1 is 1.00 bits per heavy atom. The van der Waals surface area contributed by atoms with Gasteiger partial charge in [-0.05, 0) is 66.7 Å². The molecule has 0 atom stereocenters. The number of nitrogens with zero attached hydrogens (tertiary/aromatic N) is 1. The first-order valence-corrected chi connectivity index (χ1v) is 10.7. The lowest BCUT2D eigenvalue weighted by atomic mass is 10.2. The van der Waals surface area contributed by atoms with Gasteiger partial charge in [0.15, 0.2) is 0 Å². The molecule has 0 aromatic heterocycles. The molecule has 174 valence electrons. The Labute approximate surface area is 202 Å². The molecule has 10 heteroatoms. The molecule has 2 amide bonds. The van der Waals surface area contributed by atoms with E-state index in [1.54, 1.807) is 42.5 Å². The Morgan fingerprint density at radius 3 is 2.35 bits per heavy atom. The van der Waals surface area contributed by atoms with Gasteiger partial charge in [0, 0.05) is 15.6 Å². The fourth-order valence-electron chi connectivity index (χ4n) is 2.68. The molecule has 0 saturated heterocycles. The number of amides is 2. The molecular formula is C24H19BrFN3O5. The van der Waals surface area contributed by atoms with Gasteiger partial charge in [-0.1, -0.05) is 15.9 Å². The minimum absolute atomic E-state index is 0.218. The normalized spacial score (nSPS) is 10.6. The lowest BCUT2D eigenvalue weighted by Crippen LogP contribution is -2.34. The van der Waals surface area contributed by atoms with Gasteiger partial charge in [0.2, 0.25) is 0 Å². The molecule has 3 aromatic rings. The molecule has 0 aliphatic heterocycles. The lowest BCUT2D eigenvalue weighted by molar-refractivity contribution is -0.120. The predicted octanol–water partition coefficient (Wildman–Crippen LogP) is 3.70. The Balaban J connectivity index is 1.58. The van der Waals surface area contributed by atoms with E-state index in [1.807, 2.05) is 0 Å². The molecule has 0 fully saturated rings. The predicted molar refractivity (Wildman–Crippen MR) is 127 cm³/mol. The molecule has 0 heterocycles. The van der Waals surface area contributed by atoms with Crippen LogP contribution in [0.2, 0.25) is 0 Å². The van der Waals surface area contributed by atoms with Crippen LogP contribution in [0, 0.1) is 5.82 Å². The molecule has 0 radical (unpaired) electrons. The number of hydrogen-bond donors (Lipinski definition) is 2. The van der Waals surface area contributed by atoms with Crippen LogP contribution >= 0.6 is 15.9 Å². The van der Waals surface area contributed by atoms with Crippen LogP contribution in [0.3, 0.4) is 0 Å². The molecule has 3 rings (SSSR count). The smallest absolute Gasteiger partial charge is 0.343 e. The molecule has 0 saturated carbocycles. The number of nitrogens with one attached hydrogen (secondary N) is 2. The summed E-state index contributed by atoms with van der Waals surface area (Å²) in [6.07, 6.45) is 1.31. The summed E-state index contributed by atoms with van der Waals surface area (Å²) in [7, 11) is 1.53. The third-order valence-corrected chi connectivity index (χ3v) is 4.90. The highest BCUT2D eigenvalue weighted by atomic mass is 79.9. The Morgan fingerprint density at radius 2 is 1.68 bits per heavy atom. The number of carbonyl (C=O) groups excluding carboxylic acids is 3. The molecule has 0 spiro atoms. The van der Waals surface area contributed by atoms with Crippen LogP contribution in [-0.4, -0.2) is 37.7 Å². The van der Waals surface area contributed by atoms with Crippen LogP contribution in [0.1, 0.15) is 26.3 Å². The van der Waals surface area contributed by atoms with Crippen LogP contribution in [0.5, 0.6) is 11.5 Å². The number of hydrogen-bond acceptors (Lipinski definition) is 6. The average molecular weight is 528 g/mol. The van der Waals surface area contributed by atoms with Crippen LogP contribution < -0.4 is 20.2 Å². The SMILES string of the molecule is COc1ccc(C(=O)Oc2ccc(Br)cc2/C=N\NC(=O)CNC(=O)c2ccc(F)cc2)cc1. The maximum Gasteiger partial charge on any atom is 0.343 e. The summed E-state index contributed by atoms with van der Waals surface area (Å²) < 4.78 is 24.2. The van der Waals surface area contributed by atoms with E-state index in [9.17, 15) is 18.8 Å². The number of carbonyl (C=O) groups is 3. The van der Waals surface area contributed by atoms with Crippen molar-refractivity contribution in [1.82, 2.24) is 10.7 Å². The topological polar surface area (TPSA) is 106 Å². The van der Waals surface area contributed by atoms with Gasteiger partial charge in [-0.15, -0.1) is 0 Å².